The second-order valence-electron chi connectivity index (χ2n) is 7.77. The second-order valence-corrected chi connectivity index (χ2v) is 7.77. The largest absolute Gasteiger partial charge is 0.481 e. The summed E-state index contributed by atoms with van der Waals surface area (Å²) in [4.78, 5) is 37.0. The van der Waals surface area contributed by atoms with Gasteiger partial charge in [-0.25, -0.2) is 9.97 Å². The van der Waals surface area contributed by atoms with E-state index in [0.29, 0.717) is 17.8 Å². The molecule has 170 valence electrons. The molecule has 33 heavy (non-hydrogen) atoms. The van der Waals surface area contributed by atoms with Gasteiger partial charge < -0.3 is 25.4 Å². The molecular formula is C24H26N6O3. The first-order valence-electron chi connectivity index (χ1n) is 10.8. The van der Waals surface area contributed by atoms with Gasteiger partial charge in [-0.3, -0.25) is 9.59 Å². The van der Waals surface area contributed by atoms with E-state index in [0.717, 1.165) is 59.3 Å². The standard InChI is InChI=1S/C22H22N6O.C2H4O2/c1-2-13-5-3-6-14-15(11-28(21(13)14)8-4-7-23)20-22(29)27-19-10-17-16(24-12-25-17)9-18(19)26-20;1-2(3)4/h3,5-6,9-12H,2,4,7-8,23H2,1H3,(H,24,25)(H,27,29);1H3,(H,3,4). The van der Waals surface area contributed by atoms with E-state index in [2.05, 4.69) is 38.6 Å². The van der Waals surface area contributed by atoms with Gasteiger partial charge in [-0.05, 0) is 37.1 Å². The predicted octanol–water partition coefficient (Wildman–Crippen LogP) is 3.42. The number of benzene rings is 2. The van der Waals surface area contributed by atoms with Crippen molar-refractivity contribution < 1.29 is 9.90 Å². The minimum absolute atomic E-state index is 0.202. The van der Waals surface area contributed by atoms with Crippen LogP contribution in [0.4, 0.5) is 0 Å². The Morgan fingerprint density at radius 1 is 1.21 bits per heavy atom. The number of nitrogens with one attached hydrogen (secondary N) is 2. The van der Waals surface area contributed by atoms with Gasteiger partial charge in [-0.15, -0.1) is 0 Å². The summed E-state index contributed by atoms with van der Waals surface area (Å²) in [6, 6.07) is 10.0. The maximum Gasteiger partial charge on any atom is 0.300 e. The number of nitrogens with two attached hydrogens (primary N) is 1. The number of hydrogen-bond acceptors (Lipinski definition) is 5. The Hall–Kier alpha value is -3.98. The van der Waals surface area contributed by atoms with E-state index in [4.69, 9.17) is 20.6 Å². The molecule has 0 saturated carbocycles. The molecule has 0 radical (unpaired) electrons. The number of rotatable bonds is 5. The van der Waals surface area contributed by atoms with E-state index in [1.165, 1.54) is 5.56 Å². The third kappa shape index (κ3) is 4.35. The average Bonchev–Trinajstić information content (AvgIpc) is 3.39. The normalized spacial score (nSPS) is 11.1. The van der Waals surface area contributed by atoms with Crippen LogP contribution in [0.25, 0.3) is 44.2 Å². The molecule has 0 bridgehead atoms. The molecule has 5 aromatic rings. The number of aliphatic carboxylic acids is 1. The monoisotopic (exact) mass is 446 g/mol. The fourth-order valence-corrected chi connectivity index (χ4v) is 4.05. The van der Waals surface area contributed by atoms with Gasteiger partial charge in [0.25, 0.3) is 11.5 Å². The van der Waals surface area contributed by atoms with Crippen molar-refractivity contribution in [3.63, 3.8) is 0 Å². The number of carboxylic acids is 1. The van der Waals surface area contributed by atoms with Crippen molar-refractivity contribution >= 4 is 38.9 Å². The van der Waals surface area contributed by atoms with Gasteiger partial charge in [-0.2, -0.15) is 0 Å². The molecule has 5 N–H and O–H groups in total. The number of nitrogens with zero attached hydrogens (tertiary/aromatic N) is 3. The fourth-order valence-electron chi connectivity index (χ4n) is 4.05. The van der Waals surface area contributed by atoms with Crippen LogP contribution in [0.3, 0.4) is 0 Å². The van der Waals surface area contributed by atoms with Gasteiger partial charge in [0.05, 0.1) is 33.9 Å². The highest BCUT2D eigenvalue weighted by Gasteiger charge is 2.17. The number of para-hydroxylation sites is 1. The fraction of sp³-hybridized carbons (Fsp3) is 0.250. The van der Waals surface area contributed by atoms with Gasteiger partial charge in [0.1, 0.15) is 5.69 Å². The lowest BCUT2D eigenvalue weighted by Gasteiger charge is -2.07. The van der Waals surface area contributed by atoms with Crippen molar-refractivity contribution in [3.05, 3.63) is 58.8 Å². The first kappa shape index (κ1) is 22.2. The minimum atomic E-state index is -0.833. The molecular weight excluding hydrogens is 420 g/mol. The zero-order chi connectivity index (χ0) is 23.5. The number of H-pyrrole nitrogens is 2. The van der Waals surface area contributed by atoms with Crippen molar-refractivity contribution in [3.8, 4) is 11.3 Å². The molecule has 0 unspecified atom stereocenters. The number of aromatic amines is 2. The average molecular weight is 447 g/mol. The van der Waals surface area contributed by atoms with Crippen LogP contribution in [0.5, 0.6) is 0 Å². The van der Waals surface area contributed by atoms with E-state index in [1.807, 2.05) is 24.4 Å². The lowest BCUT2D eigenvalue weighted by atomic mass is 10.1. The zero-order valence-corrected chi connectivity index (χ0v) is 18.6. The predicted molar refractivity (Wildman–Crippen MR) is 129 cm³/mol. The highest BCUT2D eigenvalue weighted by Crippen LogP contribution is 2.31. The maximum atomic E-state index is 13.0. The first-order chi connectivity index (χ1) is 15.9. The SMILES string of the molecule is CC(=O)O.CCc1cccc2c(-c3nc4cc5[nH]cnc5cc4[nH]c3=O)cn(CCCN)c12. The number of hydrogen-bond donors (Lipinski definition) is 4. The van der Waals surface area contributed by atoms with E-state index in [1.54, 1.807) is 6.33 Å². The number of carbonyl (C=O) groups is 1. The molecule has 3 heterocycles. The molecule has 0 aliphatic heterocycles. The Bertz CT molecular complexity index is 1510. The molecule has 0 aliphatic rings. The Labute approximate surface area is 189 Å². The van der Waals surface area contributed by atoms with Crippen LogP contribution in [0.1, 0.15) is 25.8 Å². The van der Waals surface area contributed by atoms with Crippen LogP contribution in [-0.4, -0.2) is 42.1 Å². The number of aryl methyl sites for hydroxylation is 2. The number of carboxylic acid groups (broad SMARTS) is 1. The first-order valence-corrected chi connectivity index (χ1v) is 10.8. The highest BCUT2D eigenvalue weighted by molar-refractivity contribution is 5.98. The molecule has 9 nitrogen and oxygen atoms in total. The Kier molecular flexibility index (Phi) is 6.23. The highest BCUT2D eigenvalue weighted by atomic mass is 16.4. The molecule has 0 spiro atoms. The summed E-state index contributed by atoms with van der Waals surface area (Å²) < 4.78 is 2.21. The van der Waals surface area contributed by atoms with E-state index in [9.17, 15) is 4.79 Å². The molecule has 0 fully saturated rings. The van der Waals surface area contributed by atoms with Crippen molar-refractivity contribution in [2.75, 3.05) is 6.54 Å². The minimum Gasteiger partial charge on any atom is -0.481 e. The van der Waals surface area contributed by atoms with Crippen molar-refractivity contribution in [2.24, 2.45) is 5.73 Å². The summed E-state index contributed by atoms with van der Waals surface area (Å²) >= 11 is 0. The molecule has 0 atom stereocenters. The molecule has 0 amide bonds. The van der Waals surface area contributed by atoms with Crippen molar-refractivity contribution in [1.29, 1.82) is 0 Å². The maximum absolute atomic E-state index is 13.0. The van der Waals surface area contributed by atoms with Gasteiger partial charge in [-0.1, -0.05) is 25.1 Å². The third-order valence-corrected chi connectivity index (χ3v) is 5.45. The van der Waals surface area contributed by atoms with Crippen LogP contribution in [0.15, 0.2) is 47.7 Å². The third-order valence-electron chi connectivity index (χ3n) is 5.45. The van der Waals surface area contributed by atoms with Gasteiger partial charge >= 0.3 is 0 Å². The lowest BCUT2D eigenvalue weighted by Crippen LogP contribution is -2.11. The van der Waals surface area contributed by atoms with Gasteiger partial charge in [0.2, 0.25) is 0 Å². The van der Waals surface area contributed by atoms with Crippen LogP contribution >= 0.6 is 0 Å². The van der Waals surface area contributed by atoms with E-state index >= 15 is 0 Å². The summed E-state index contributed by atoms with van der Waals surface area (Å²) in [5.74, 6) is -0.833. The molecule has 0 aliphatic carbocycles. The zero-order valence-electron chi connectivity index (χ0n) is 18.6. The summed E-state index contributed by atoms with van der Waals surface area (Å²) in [7, 11) is 0. The number of imidazole rings is 1. The summed E-state index contributed by atoms with van der Waals surface area (Å²) in [5.41, 5.74) is 12.3. The smallest absolute Gasteiger partial charge is 0.300 e. The Morgan fingerprint density at radius 2 is 1.97 bits per heavy atom. The topological polar surface area (TPSA) is 143 Å². The Morgan fingerprint density at radius 3 is 2.70 bits per heavy atom. The van der Waals surface area contributed by atoms with E-state index < -0.39 is 5.97 Å². The summed E-state index contributed by atoms with van der Waals surface area (Å²) in [6.07, 6.45) is 5.47. The van der Waals surface area contributed by atoms with E-state index in [-0.39, 0.29) is 5.56 Å². The van der Waals surface area contributed by atoms with Crippen LogP contribution in [-0.2, 0) is 17.8 Å². The number of fused-ring (bicyclic) bond motifs is 3. The summed E-state index contributed by atoms with van der Waals surface area (Å²) in [6.45, 7) is 4.66. The van der Waals surface area contributed by atoms with Crippen LogP contribution in [0.2, 0.25) is 0 Å². The lowest BCUT2D eigenvalue weighted by molar-refractivity contribution is -0.134. The second kappa shape index (κ2) is 9.25. The van der Waals surface area contributed by atoms with Crippen LogP contribution in [0, 0.1) is 0 Å². The summed E-state index contributed by atoms with van der Waals surface area (Å²) in [5, 5.41) is 8.46. The number of aromatic nitrogens is 5. The molecule has 5 rings (SSSR count). The van der Waals surface area contributed by atoms with Crippen LogP contribution < -0.4 is 11.3 Å². The van der Waals surface area contributed by atoms with Gasteiger partial charge in [0.15, 0.2) is 0 Å². The Balaban J connectivity index is 0.000000601. The molecule has 0 saturated heterocycles. The molecule has 3 aromatic heterocycles. The molecule has 2 aromatic carbocycles. The van der Waals surface area contributed by atoms with Crippen molar-refractivity contribution in [2.45, 2.75) is 33.2 Å². The quantitative estimate of drug-likeness (QED) is 0.326. The van der Waals surface area contributed by atoms with Gasteiger partial charge in [0, 0.05) is 30.6 Å². The van der Waals surface area contributed by atoms with Crippen molar-refractivity contribution in [1.82, 2.24) is 24.5 Å². The molecule has 9 heteroatoms.